The van der Waals surface area contributed by atoms with Gasteiger partial charge in [0.1, 0.15) is 22.3 Å². The van der Waals surface area contributed by atoms with E-state index in [1.54, 1.807) is 0 Å². The molecule has 0 radical (unpaired) electrons. The van der Waals surface area contributed by atoms with Crippen LogP contribution in [0.25, 0.3) is 88.0 Å². The van der Waals surface area contributed by atoms with E-state index in [0.717, 1.165) is 88.6 Å². The summed E-state index contributed by atoms with van der Waals surface area (Å²) in [5, 5.41) is 6.76. The molecule has 11 aromatic carbocycles. The number of fused-ring (bicyclic) bond motifs is 11. The average Bonchev–Trinajstić information content (AvgIpc) is 4.09. The molecule has 0 aliphatic heterocycles. The molecule has 0 bridgehead atoms. The first-order valence-electron chi connectivity index (χ1n) is 23.3. The second-order valence-electron chi connectivity index (χ2n) is 17.9. The molecule has 3 heteroatoms. The second-order valence-corrected chi connectivity index (χ2v) is 17.9. The molecule has 0 amide bonds. The van der Waals surface area contributed by atoms with E-state index in [1.165, 1.54) is 38.8 Å². The first-order valence-corrected chi connectivity index (χ1v) is 23.3. The molecule has 0 saturated heterocycles. The first-order chi connectivity index (χ1) is 33.7. The Morgan fingerprint density at radius 1 is 0.338 bits per heavy atom. The number of rotatable bonds is 7. The molecule has 68 heavy (non-hydrogen) atoms. The monoisotopic (exact) mass is 867 g/mol. The number of hydrogen-bond donors (Lipinski definition) is 0. The van der Waals surface area contributed by atoms with Crippen LogP contribution >= 0.6 is 0 Å². The van der Waals surface area contributed by atoms with Crippen LogP contribution in [0.3, 0.4) is 0 Å². The van der Waals surface area contributed by atoms with Gasteiger partial charge < -0.3 is 13.7 Å². The lowest BCUT2D eigenvalue weighted by Crippen LogP contribution is -2.28. The van der Waals surface area contributed by atoms with E-state index in [4.69, 9.17) is 8.83 Å². The molecule has 14 rings (SSSR count). The molecule has 13 aromatic rings. The molecule has 1 aliphatic carbocycles. The SMILES string of the molecule is c1ccc(C2(c3ccccc3)c3ccccc3-c3c(N(c4ccc(-c5cccc6c5oc5ccccc56)cc4)c4cccc(-c5cccc6oc7c8ccccc8ccc7c56)c4)cccc32)cc1. The highest BCUT2D eigenvalue weighted by Gasteiger charge is 2.47. The summed E-state index contributed by atoms with van der Waals surface area (Å²) in [4.78, 5) is 2.46. The van der Waals surface area contributed by atoms with Crippen molar-refractivity contribution in [3.8, 4) is 33.4 Å². The van der Waals surface area contributed by atoms with Crippen molar-refractivity contribution >= 4 is 71.7 Å². The molecule has 0 spiro atoms. The molecule has 3 nitrogen and oxygen atoms in total. The Bertz CT molecular complexity index is 4050. The fourth-order valence-electron chi connectivity index (χ4n) is 11.5. The standard InChI is InChI=1S/C65H41NO2/c1-3-19-45(20-4-1)65(46-21-5-2-6-22-46)56-30-11-9-26-54(56)62-57(65)31-16-32-58(62)66(47-38-35-43(36-39-47)51-28-14-29-53-52-25-10-12-33-59(52)67-63(51)53)48-23-13-18-44(41-48)49-27-15-34-60-61(49)55-40-37-42-17-7-8-24-50(42)64(55)68-60/h1-41H. The van der Waals surface area contributed by atoms with Crippen molar-refractivity contribution in [1.29, 1.82) is 0 Å². The normalized spacial score (nSPS) is 12.8. The van der Waals surface area contributed by atoms with E-state index < -0.39 is 5.41 Å². The molecule has 0 unspecified atom stereocenters. The summed E-state index contributed by atoms with van der Waals surface area (Å²) < 4.78 is 13.2. The maximum Gasteiger partial charge on any atom is 0.143 e. The van der Waals surface area contributed by atoms with Crippen molar-refractivity contribution in [3.05, 3.63) is 271 Å². The highest BCUT2D eigenvalue weighted by Crippen LogP contribution is 2.59. The minimum Gasteiger partial charge on any atom is -0.455 e. The summed E-state index contributed by atoms with van der Waals surface area (Å²) in [5.74, 6) is 0. The fourth-order valence-corrected chi connectivity index (χ4v) is 11.5. The van der Waals surface area contributed by atoms with Crippen LogP contribution in [0.4, 0.5) is 17.1 Å². The summed E-state index contributed by atoms with van der Waals surface area (Å²) in [5.41, 5.74) is 18.1. The molecule has 0 N–H and O–H groups in total. The topological polar surface area (TPSA) is 29.5 Å². The molecule has 0 atom stereocenters. The van der Waals surface area contributed by atoms with E-state index in [1.807, 2.05) is 12.1 Å². The van der Waals surface area contributed by atoms with Crippen LogP contribution < -0.4 is 4.90 Å². The highest BCUT2D eigenvalue weighted by molar-refractivity contribution is 6.19. The average molecular weight is 868 g/mol. The summed E-state index contributed by atoms with van der Waals surface area (Å²) in [6.45, 7) is 0. The Labute approximate surface area is 393 Å². The zero-order valence-electron chi connectivity index (χ0n) is 36.9. The molecule has 0 saturated carbocycles. The lowest BCUT2D eigenvalue weighted by molar-refractivity contribution is 0.670. The molecular formula is C65H41NO2. The van der Waals surface area contributed by atoms with Crippen molar-refractivity contribution in [1.82, 2.24) is 0 Å². The van der Waals surface area contributed by atoms with Crippen LogP contribution in [0.15, 0.2) is 258 Å². The molecule has 2 heterocycles. The van der Waals surface area contributed by atoms with Crippen molar-refractivity contribution in [2.75, 3.05) is 4.90 Å². The van der Waals surface area contributed by atoms with Gasteiger partial charge in [-0.25, -0.2) is 0 Å². The number of hydrogen-bond acceptors (Lipinski definition) is 3. The van der Waals surface area contributed by atoms with Crippen LogP contribution in [0.5, 0.6) is 0 Å². The largest absolute Gasteiger partial charge is 0.455 e. The van der Waals surface area contributed by atoms with E-state index in [0.29, 0.717) is 0 Å². The Kier molecular flexibility index (Phi) is 8.50. The van der Waals surface area contributed by atoms with E-state index in [2.05, 4.69) is 241 Å². The van der Waals surface area contributed by atoms with Gasteiger partial charge in [0.15, 0.2) is 0 Å². The van der Waals surface area contributed by atoms with Gasteiger partial charge in [0.05, 0.1) is 11.1 Å². The third-order valence-electron chi connectivity index (χ3n) is 14.3. The van der Waals surface area contributed by atoms with Crippen LogP contribution in [0.1, 0.15) is 22.3 Å². The zero-order valence-corrected chi connectivity index (χ0v) is 36.9. The van der Waals surface area contributed by atoms with Crippen LogP contribution in [0.2, 0.25) is 0 Å². The second kappa shape index (κ2) is 15.1. The molecule has 1 aliphatic rings. The van der Waals surface area contributed by atoms with Gasteiger partial charge in [-0.1, -0.05) is 200 Å². The smallest absolute Gasteiger partial charge is 0.143 e. The molecular weight excluding hydrogens is 827 g/mol. The lowest BCUT2D eigenvalue weighted by atomic mass is 9.68. The number of benzene rings is 11. The predicted octanol–water partition coefficient (Wildman–Crippen LogP) is 17.8. The summed E-state index contributed by atoms with van der Waals surface area (Å²) >= 11 is 0. The number of anilines is 3. The summed E-state index contributed by atoms with van der Waals surface area (Å²) in [7, 11) is 0. The van der Waals surface area contributed by atoms with Gasteiger partial charge in [0.2, 0.25) is 0 Å². The van der Waals surface area contributed by atoms with Crippen molar-refractivity contribution in [3.63, 3.8) is 0 Å². The van der Waals surface area contributed by atoms with Crippen molar-refractivity contribution < 1.29 is 8.83 Å². The van der Waals surface area contributed by atoms with Gasteiger partial charge in [-0.15, -0.1) is 0 Å². The highest BCUT2D eigenvalue weighted by atomic mass is 16.3. The van der Waals surface area contributed by atoms with Gasteiger partial charge in [-0.3, -0.25) is 0 Å². The Hall–Kier alpha value is -8.92. The third kappa shape index (κ3) is 5.60. The third-order valence-corrected chi connectivity index (χ3v) is 14.3. The van der Waals surface area contributed by atoms with Gasteiger partial charge >= 0.3 is 0 Å². The minimum atomic E-state index is -0.546. The van der Waals surface area contributed by atoms with Gasteiger partial charge in [-0.2, -0.15) is 0 Å². The van der Waals surface area contributed by atoms with E-state index >= 15 is 0 Å². The van der Waals surface area contributed by atoms with Gasteiger partial charge in [0, 0.05) is 49.4 Å². The van der Waals surface area contributed by atoms with Gasteiger partial charge in [-0.05, 0) is 98.4 Å². The fraction of sp³-hybridized carbons (Fsp3) is 0.0154. The van der Waals surface area contributed by atoms with Crippen molar-refractivity contribution in [2.24, 2.45) is 0 Å². The lowest BCUT2D eigenvalue weighted by Gasteiger charge is -2.34. The maximum atomic E-state index is 6.69. The van der Waals surface area contributed by atoms with Crippen LogP contribution in [0, 0.1) is 0 Å². The zero-order chi connectivity index (χ0) is 44.8. The van der Waals surface area contributed by atoms with Crippen LogP contribution in [-0.4, -0.2) is 0 Å². The molecule has 318 valence electrons. The van der Waals surface area contributed by atoms with Crippen molar-refractivity contribution in [2.45, 2.75) is 5.41 Å². The van der Waals surface area contributed by atoms with Gasteiger partial charge in [0.25, 0.3) is 0 Å². The summed E-state index contributed by atoms with van der Waals surface area (Å²) in [6.07, 6.45) is 0. The maximum absolute atomic E-state index is 6.69. The Morgan fingerprint density at radius 3 is 1.79 bits per heavy atom. The Morgan fingerprint density at radius 2 is 0.956 bits per heavy atom. The first kappa shape index (κ1) is 38.4. The van der Waals surface area contributed by atoms with Crippen LogP contribution in [-0.2, 0) is 5.41 Å². The number of nitrogens with zero attached hydrogens (tertiary/aromatic N) is 1. The molecule has 0 fully saturated rings. The minimum absolute atomic E-state index is 0.546. The van der Waals surface area contributed by atoms with E-state index in [-0.39, 0.29) is 0 Å². The van der Waals surface area contributed by atoms with E-state index in [9.17, 15) is 0 Å². The predicted molar refractivity (Wildman–Crippen MR) is 281 cm³/mol. The quantitative estimate of drug-likeness (QED) is 0.160. The number of para-hydroxylation sites is 2. The number of furan rings is 2. The summed E-state index contributed by atoms with van der Waals surface area (Å²) in [6, 6.07) is 90.1. The Balaban J connectivity index is 1.00. The molecule has 2 aromatic heterocycles.